The zero-order valence-corrected chi connectivity index (χ0v) is 15.3. The Bertz CT molecular complexity index is 787. The zero-order valence-electron chi connectivity index (χ0n) is 13.7. The van der Waals surface area contributed by atoms with E-state index in [1.165, 1.54) is 10.4 Å². The van der Waals surface area contributed by atoms with E-state index in [2.05, 4.69) is 6.07 Å². The summed E-state index contributed by atoms with van der Waals surface area (Å²) >= 11 is 7.75. The van der Waals surface area contributed by atoms with Crippen LogP contribution in [0.3, 0.4) is 0 Å². The Balaban J connectivity index is 1.89. The molecule has 0 saturated carbocycles. The monoisotopic (exact) mass is 362 g/mol. The molecule has 1 fully saturated rings. The van der Waals surface area contributed by atoms with Gasteiger partial charge in [0.05, 0.1) is 17.8 Å². The molecule has 24 heavy (non-hydrogen) atoms. The number of thiophene rings is 1. The summed E-state index contributed by atoms with van der Waals surface area (Å²) in [6, 6.07) is 7.17. The Kier molecular flexibility index (Phi) is 4.92. The third kappa shape index (κ3) is 3.32. The quantitative estimate of drug-likeness (QED) is 0.821. The van der Waals surface area contributed by atoms with E-state index in [4.69, 9.17) is 11.6 Å². The van der Waals surface area contributed by atoms with E-state index >= 15 is 0 Å². The van der Waals surface area contributed by atoms with Gasteiger partial charge in [0.15, 0.2) is 0 Å². The Morgan fingerprint density at radius 2 is 2.17 bits per heavy atom. The van der Waals surface area contributed by atoms with Crippen LogP contribution in [0, 0.1) is 6.92 Å². The molecular weight excluding hydrogens is 344 g/mol. The van der Waals surface area contributed by atoms with Gasteiger partial charge in [-0.25, -0.2) is 0 Å². The van der Waals surface area contributed by atoms with Gasteiger partial charge in [0.2, 0.25) is 5.91 Å². The molecule has 1 saturated heterocycles. The molecule has 0 N–H and O–H groups in total. The second-order valence-electron chi connectivity index (χ2n) is 6.00. The maximum absolute atomic E-state index is 12.9. The van der Waals surface area contributed by atoms with Crippen molar-refractivity contribution in [2.24, 2.45) is 0 Å². The Morgan fingerprint density at radius 3 is 2.79 bits per heavy atom. The summed E-state index contributed by atoms with van der Waals surface area (Å²) in [5.41, 5.74) is 2.32. The highest BCUT2D eigenvalue weighted by Crippen LogP contribution is 2.30. The maximum atomic E-state index is 12.9. The molecule has 1 aromatic carbocycles. The number of carbonyl (C=O) groups is 2. The minimum atomic E-state index is -0.103. The van der Waals surface area contributed by atoms with Crippen molar-refractivity contribution in [3.63, 3.8) is 0 Å². The molecule has 1 aromatic heterocycles. The van der Waals surface area contributed by atoms with Crippen LogP contribution in [0.4, 0.5) is 5.69 Å². The Labute approximate surface area is 150 Å². The number of nitrogens with zero attached hydrogens (tertiary/aromatic N) is 2. The van der Waals surface area contributed by atoms with Gasteiger partial charge in [0, 0.05) is 29.9 Å². The van der Waals surface area contributed by atoms with Gasteiger partial charge in [-0.1, -0.05) is 11.6 Å². The molecule has 0 radical (unpaired) electrons. The minimum Gasteiger partial charge on any atom is -0.336 e. The number of rotatable bonds is 4. The van der Waals surface area contributed by atoms with E-state index in [0.717, 1.165) is 6.42 Å². The van der Waals surface area contributed by atoms with Crippen molar-refractivity contribution in [1.29, 1.82) is 0 Å². The normalized spacial score (nSPS) is 14.3. The van der Waals surface area contributed by atoms with Gasteiger partial charge in [-0.05, 0) is 48.6 Å². The van der Waals surface area contributed by atoms with Gasteiger partial charge in [-0.2, -0.15) is 0 Å². The van der Waals surface area contributed by atoms with Crippen molar-refractivity contribution in [3.8, 4) is 0 Å². The second kappa shape index (κ2) is 6.95. The molecule has 3 rings (SSSR count). The summed E-state index contributed by atoms with van der Waals surface area (Å²) in [7, 11) is 1.78. The number of carbonyl (C=O) groups excluding carboxylic acids is 2. The molecule has 1 aliphatic rings. The average molecular weight is 363 g/mol. The molecule has 0 atom stereocenters. The minimum absolute atomic E-state index is 0.0445. The molecule has 126 valence electrons. The van der Waals surface area contributed by atoms with Crippen molar-refractivity contribution in [2.75, 3.05) is 18.5 Å². The van der Waals surface area contributed by atoms with Gasteiger partial charge < -0.3 is 9.80 Å². The van der Waals surface area contributed by atoms with Crippen molar-refractivity contribution < 1.29 is 9.59 Å². The predicted octanol–water partition coefficient (Wildman–Crippen LogP) is 4.11. The lowest BCUT2D eigenvalue weighted by Crippen LogP contribution is -2.30. The standard InChI is InChI=1S/C18H19ClN2O2S/c1-12-7-9-24-16(12)11-20(2)18(23)14-6-5-13(19)10-15(14)21-8-3-4-17(21)22/h5-7,9-10H,3-4,8,11H2,1-2H3. The molecular formula is C18H19ClN2O2S. The van der Waals surface area contributed by atoms with Gasteiger partial charge in [0.1, 0.15) is 0 Å². The van der Waals surface area contributed by atoms with Crippen LogP contribution in [-0.2, 0) is 11.3 Å². The fraction of sp³-hybridized carbons (Fsp3) is 0.333. The van der Waals surface area contributed by atoms with E-state index in [-0.39, 0.29) is 11.8 Å². The number of hydrogen-bond acceptors (Lipinski definition) is 3. The van der Waals surface area contributed by atoms with Crippen LogP contribution >= 0.6 is 22.9 Å². The third-order valence-corrected chi connectivity index (χ3v) is 5.49. The molecule has 2 amide bonds. The first-order chi connectivity index (χ1) is 11.5. The van der Waals surface area contributed by atoms with Crippen molar-refractivity contribution in [3.05, 3.63) is 50.7 Å². The highest BCUT2D eigenvalue weighted by Gasteiger charge is 2.27. The van der Waals surface area contributed by atoms with E-state index in [0.29, 0.717) is 35.8 Å². The average Bonchev–Trinajstić information content (AvgIpc) is 3.15. The summed E-state index contributed by atoms with van der Waals surface area (Å²) in [6.07, 6.45) is 1.33. The SMILES string of the molecule is Cc1ccsc1CN(C)C(=O)c1ccc(Cl)cc1N1CCCC1=O. The number of halogens is 1. The van der Waals surface area contributed by atoms with Crippen molar-refractivity contribution in [1.82, 2.24) is 4.90 Å². The van der Waals surface area contributed by atoms with E-state index in [1.54, 1.807) is 46.4 Å². The maximum Gasteiger partial charge on any atom is 0.256 e. The number of aryl methyl sites for hydroxylation is 1. The number of amides is 2. The molecule has 6 heteroatoms. The van der Waals surface area contributed by atoms with Crippen molar-refractivity contribution >= 4 is 40.4 Å². The highest BCUT2D eigenvalue weighted by atomic mass is 35.5. The lowest BCUT2D eigenvalue weighted by molar-refractivity contribution is -0.117. The van der Waals surface area contributed by atoms with E-state index < -0.39 is 0 Å². The van der Waals surface area contributed by atoms with E-state index in [1.807, 2.05) is 12.3 Å². The topological polar surface area (TPSA) is 40.6 Å². The lowest BCUT2D eigenvalue weighted by atomic mass is 10.1. The second-order valence-corrected chi connectivity index (χ2v) is 7.44. The van der Waals surface area contributed by atoms with Crippen molar-refractivity contribution in [2.45, 2.75) is 26.3 Å². The van der Waals surface area contributed by atoms with E-state index in [9.17, 15) is 9.59 Å². The van der Waals surface area contributed by atoms with Crippen LogP contribution in [0.1, 0.15) is 33.6 Å². The first-order valence-corrected chi connectivity index (χ1v) is 9.11. The van der Waals surface area contributed by atoms with Crippen LogP contribution in [0.2, 0.25) is 5.02 Å². The summed E-state index contributed by atoms with van der Waals surface area (Å²) in [6.45, 7) is 3.23. The van der Waals surface area contributed by atoms with Gasteiger partial charge in [-0.15, -0.1) is 11.3 Å². The van der Waals surface area contributed by atoms with Crippen LogP contribution < -0.4 is 4.90 Å². The fourth-order valence-electron chi connectivity index (χ4n) is 2.87. The highest BCUT2D eigenvalue weighted by molar-refractivity contribution is 7.10. The molecule has 2 aromatic rings. The van der Waals surface area contributed by atoms with Gasteiger partial charge in [0.25, 0.3) is 5.91 Å². The third-order valence-electron chi connectivity index (χ3n) is 4.25. The Morgan fingerprint density at radius 1 is 1.38 bits per heavy atom. The molecule has 0 aliphatic carbocycles. The lowest BCUT2D eigenvalue weighted by Gasteiger charge is -2.23. The zero-order chi connectivity index (χ0) is 17.3. The smallest absolute Gasteiger partial charge is 0.256 e. The van der Waals surface area contributed by atoms with Crippen LogP contribution in [0.25, 0.3) is 0 Å². The first kappa shape index (κ1) is 17.0. The van der Waals surface area contributed by atoms with Crippen LogP contribution in [0.5, 0.6) is 0 Å². The Hall–Kier alpha value is -1.85. The summed E-state index contributed by atoms with van der Waals surface area (Å²) in [4.78, 5) is 29.5. The number of anilines is 1. The van der Waals surface area contributed by atoms with Gasteiger partial charge >= 0.3 is 0 Å². The summed E-state index contributed by atoms with van der Waals surface area (Å²) in [5, 5.41) is 2.55. The predicted molar refractivity (Wildman–Crippen MR) is 97.9 cm³/mol. The van der Waals surface area contributed by atoms with Crippen LogP contribution in [-0.4, -0.2) is 30.3 Å². The number of hydrogen-bond donors (Lipinski definition) is 0. The van der Waals surface area contributed by atoms with Crippen LogP contribution in [0.15, 0.2) is 29.6 Å². The molecule has 0 bridgehead atoms. The fourth-order valence-corrected chi connectivity index (χ4v) is 4.00. The molecule has 1 aliphatic heterocycles. The molecule has 2 heterocycles. The molecule has 0 spiro atoms. The van der Waals surface area contributed by atoms with Gasteiger partial charge in [-0.3, -0.25) is 9.59 Å². The summed E-state index contributed by atoms with van der Waals surface area (Å²) < 4.78 is 0. The largest absolute Gasteiger partial charge is 0.336 e. The first-order valence-electron chi connectivity index (χ1n) is 7.85. The number of benzene rings is 1. The molecule has 0 unspecified atom stereocenters. The summed E-state index contributed by atoms with van der Waals surface area (Å²) in [5.74, 6) is -0.0581. The molecule has 4 nitrogen and oxygen atoms in total.